The van der Waals surface area contributed by atoms with Crippen molar-refractivity contribution in [2.24, 2.45) is 0 Å². The second-order valence-corrected chi connectivity index (χ2v) is 4.74. The molecule has 19 heavy (non-hydrogen) atoms. The van der Waals surface area contributed by atoms with E-state index in [0.29, 0.717) is 24.5 Å². The molecule has 1 fully saturated rings. The number of hydrogen-bond acceptors (Lipinski definition) is 4. The molecular formula is C14H19NO4. The van der Waals surface area contributed by atoms with Crippen LogP contribution in [0, 0.1) is 0 Å². The van der Waals surface area contributed by atoms with E-state index >= 15 is 0 Å². The summed E-state index contributed by atoms with van der Waals surface area (Å²) in [6, 6.07) is 7.23. The molecule has 5 heteroatoms. The lowest BCUT2D eigenvalue weighted by Gasteiger charge is -2.30. The molecule has 0 aromatic heterocycles. The second-order valence-electron chi connectivity index (χ2n) is 4.74. The second kappa shape index (κ2) is 6.54. The van der Waals surface area contributed by atoms with Gasteiger partial charge in [-0.05, 0) is 13.1 Å². The van der Waals surface area contributed by atoms with Crippen molar-refractivity contribution in [3.63, 3.8) is 0 Å². The molecule has 1 N–H and O–H groups in total. The quantitative estimate of drug-likeness (QED) is 0.861. The fourth-order valence-corrected chi connectivity index (χ4v) is 2.10. The van der Waals surface area contributed by atoms with Gasteiger partial charge in [0.05, 0.1) is 13.0 Å². The highest BCUT2D eigenvalue weighted by Crippen LogP contribution is 2.19. The number of nitrogens with zero attached hydrogens (tertiary/aromatic N) is 1. The van der Waals surface area contributed by atoms with E-state index in [2.05, 4.69) is 4.90 Å². The van der Waals surface area contributed by atoms with Crippen LogP contribution in [0.4, 0.5) is 0 Å². The number of para-hydroxylation sites is 1. The minimum absolute atomic E-state index is 0.0262. The van der Waals surface area contributed by atoms with Crippen LogP contribution in [0.5, 0.6) is 5.75 Å². The molecule has 0 amide bonds. The highest BCUT2D eigenvalue weighted by atomic mass is 16.5. The predicted octanol–water partition coefficient (Wildman–Crippen LogP) is 1.02. The average molecular weight is 265 g/mol. The van der Waals surface area contributed by atoms with Crippen LogP contribution in [-0.2, 0) is 16.0 Å². The van der Waals surface area contributed by atoms with Crippen LogP contribution >= 0.6 is 0 Å². The van der Waals surface area contributed by atoms with E-state index in [1.807, 2.05) is 19.2 Å². The normalized spacial score (nSPS) is 20.2. The summed E-state index contributed by atoms with van der Waals surface area (Å²) >= 11 is 0. The van der Waals surface area contributed by atoms with Gasteiger partial charge in [-0.1, -0.05) is 18.2 Å². The van der Waals surface area contributed by atoms with Crippen molar-refractivity contribution in [2.45, 2.75) is 12.5 Å². The zero-order valence-electron chi connectivity index (χ0n) is 11.0. The van der Waals surface area contributed by atoms with Crippen molar-refractivity contribution >= 4 is 5.97 Å². The van der Waals surface area contributed by atoms with Crippen molar-refractivity contribution in [2.75, 3.05) is 33.4 Å². The van der Waals surface area contributed by atoms with Gasteiger partial charge >= 0.3 is 5.97 Å². The van der Waals surface area contributed by atoms with Crippen LogP contribution in [-0.4, -0.2) is 55.4 Å². The number of likely N-dealkylation sites (N-methyl/N-ethyl adjacent to an activating group) is 1. The molecule has 0 aliphatic carbocycles. The molecule has 1 atom stereocenters. The van der Waals surface area contributed by atoms with Gasteiger partial charge in [0, 0.05) is 18.7 Å². The summed E-state index contributed by atoms with van der Waals surface area (Å²) in [6.07, 6.45) is 0.0124. The number of rotatable bonds is 5. The molecule has 2 rings (SSSR count). The summed E-state index contributed by atoms with van der Waals surface area (Å²) in [5, 5.41) is 8.86. The van der Waals surface area contributed by atoms with Gasteiger partial charge in [0.25, 0.3) is 0 Å². The van der Waals surface area contributed by atoms with Crippen LogP contribution in [0.15, 0.2) is 24.3 Å². The molecule has 0 radical (unpaired) electrons. The van der Waals surface area contributed by atoms with Gasteiger partial charge in [0.2, 0.25) is 0 Å². The summed E-state index contributed by atoms with van der Waals surface area (Å²) in [5.41, 5.74) is 0.694. The van der Waals surface area contributed by atoms with Gasteiger partial charge in [0.15, 0.2) is 0 Å². The van der Waals surface area contributed by atoms with E-state index in [1.54, 1.807) is 12.1 Å². The first kappa shape index (κ1) is 13.8. The Morgan fingerprint density at radius 2 is 2.32 bits per heavy atom. The Labute approximate surface area is 112 Å². The third-order valence-electron chi connectivity index (χ3n) is 3.08. The number of benzene rings is 1. The molecule has 1 aliphatic heterocycles. The molecule has 0 saturated carbocycles. The number of hydrogen-bond donors (Lipinski definition) is 1. The number of carboxylic acids is 1. The number of aliphatic carboxylic acids is 1. The monoisotopic (exact) mass is 265 g/mol. The molecule has 0 bridgehead atoms. The zero-order chi connectivity index (χ0) is 13.7. The molecule has 5 nitrogen and oxygen atoms in total. The fraction of sp³-hybridized carbons (Fsp3) is 0.500. The van der Waals surface area contributed by atoms with E-state index in [1.165, 1.54) is 0 Å². The van der Waals surface area contributed by atoms with Crippen LogP contribution in [0.25, 0.3) is 0 Å². The third-order valence-corrected chi connectivity index (χ3v) is 3.08. The lowest BCUT2D eigenvalue weighted by atomic mass is 10.1. The van der Waals surface area contributed by atoms with Gasteiger partial charge in [0.1, 0.15) is 18.5 Å². The SMILES string of the molecule is CN1CCOC(COc2ccccc2CC(=O)O)C1. The highest BCUT2D eigenvalue weighted by molar-refractivity contribution is 5.71. The summed E-state index contributed by atoms with van der Waals surface area (Å²) in [5.74, 6) is -0.230. The van der Waals surface area contributed by atoms with Crippen molar-refractivity contribution in [1.29, 1.82) is 0 Å². The van der Waals surface area contributed by atoms with Crippen LogP contribution in [0.1, 0.15) is 5.56 Å². The van der Waals surface area contributed by atoms with Gasteiger partial charge in [-0.15, -0.1) is 0 Å². The van der Waals surface area contributed by atoms with E-state index in [-0.39, 0.29) is 12.5 Å². The maximum absolute atomic E-state index is 10.8. The molecule has 1 heterocycles. The number of carboxylic acid groups (broad SMARTS) is 1. The Morgan fingerprint density at radius 1 is 1.53 bits per heavy atom. The Bertz CT molecular complexity index is 435. The minimum atomic E-state index is -0.857. The highest BCUT2D eigenvalue weighted by Gasteiger charge is 2.18. The van der Waals surface area contributed by atoms with Gasteiger partial charge in [-0.25, -0.2) is 0 Å². The summed E-state index contributed by atoms with van der Waals surface area (Å²) in [7, 11) is 2.05. The first-order valence-electron chi connectivity index (χ1n) is 6.38. The maximum Gasteiger partial charge on any atom is 0.307 e. The Morgan fingerprint density at radius 3 is 3.05 bits per heavy atom. The van der Waals surface area contributed by atoms with Crippen LogP contribution in [0.3, 0.4) is 0 Å². The average Bonchev–Trinajstić information content (AvgIpc) is 2.37. The van der Waals surface area contributed by atoms with Crippen molar-refractivity contribution in [3.05, 3.63) is 29.8 Å². The molecule has 1 aliphatic rings. The Hall–Kier alpha value is -1.59. The fourth-order valence-electron chi connectivity index (χ4n) is 2.10. The molecule has 1 unspecified atom stereocenters. The smallest absolute Gasteiger partial charge is 0.307 e. The standard InChI is InChI=1S/C14H19NO4/c1-15-6-7-18-12(9-15)10-19-13-5-3-2-4-11(13)8-14(16)17/h2-5,12H,6-10H2,1H3,(H,16,17). The molecule has 104 valence electrons. The number of carbonyl (C=O) groups is 1. The predicted molar refractivity (Wildman–Crippen MR) is 70.5 cm³/mol. The molecular weight excluding hydrogens is 246 g/mol. The Balaban J connectivity index is 1.93. The first-order valence-corrected chi connectivity index (χ1v) is 6.38. The van der Waals surface area contributed by atoms with E-state index in [4.69, 9.17) is 14.6 Å². The first-order chi connectivity index (χ1) is 9.15. The van der Waals surface area contributed by atoms with Crippen molar-refractivity contribution in [1.82, 2.24) is 4.90 Å². The van der Waals surface area contributed by atoms with E-state index < -0.39 is 5.97 Å². The van der Waals surface area contributed by atoms with Crippen LogP contribution < -0.4 is 4.74 Å². The number of morpholine rings is 1. The lowest BCUT2D eigenvalue weighted by Crippen LogP contribution is -2.42. The van der Waals surface area contributed by atoms with Gasteiger partial charge in [-0.3, -0.25) is 4.79 Å². The van der Waals surface area contributed by atoms with E-state index in [0.717, 1.165) is 13.1 Å². The zero-order valence-corrected chi connectivity index (χ0v) is 11.0. The number of ether oxygens (including phenoxy) is 2. The largest absolute Gasteiger partial charge is 0.491 e. The molecule has 1 aromatic carbocycles. The van der Waals surface area contributed by atoms with E-state index in [9.17, 15) is 4.79 Å². The third kappa shape index (κ3) is 4.22. The van der Waals surface area contributed by atoms with Gasteiger partial charge in [-0.2, -0.15) is 0 Å². The van der Waals surface area contributed by atoms with Crippen LogP contribution in [0.2, 0.25) is 0 Å². The summed E-state index contributed by atoms with van der Waals surface area (Å²) in [4.78, 5) is 13.0. The molecule has 1 saturated heterocycles. The Kier molecular flexibility index (Phi) is 4.76. The van der Waals surface area contributed by atoms with Crippen molar-refractivity contribution < 1.29 is 19.4 Å². The summed E-state index contributed by atoms with van der Waals surface area (Å²) < 4.78 is 11.3. The lowest BCUT2D eigenvalue weighted by molar-refractivity contribution is -0.136. The topological polar surface area (TPSA) is 59.0 Å². The van der Waals surface area contributed by atoms with Crippen molar-refractivity contribution in [3.8, 4) is 5.75 Å². The van der Waals surface area contributed by atoms with Gasteiger partial charge < -0.3 is 19.5 Å². The minimum Gasteiger partial charge on any atom is -0.491 e. The summed E-state index contributed by atoms with van der Waals surface area (Å²) in [6.45, 7) is 2.93. The maximum atomic E-state index is 10.8. The molecule has 0 spiro atoms. The molecule has 1 aromatic rings.